The monoisotopic (exact) mass is 387 g/mol. The maximum atomic E-state index is 13.5. The average molecular weight is 388 g/mol. The van der Waals surface area contributed by atoms with E-state index in [1.807, 2.05) is 74.2 Å². The second-order valence-corrected chi connectivity index (χ2v) is 7.45. The molecule has 0 heterocycles. The summed E-state index contributed by atoms with van der Waals surface area (Å²) in [6.07, 6.45) is 0.106. The van der Waals surface area contributed by atoms with Crippen LogP contribution in [0.15, 0.2) is 78.9 Å². The molecule has 29 heavy (non-hydrogen) atoms. The van der Waals surface area contributed by atoms with E-state index in [0.717, 1.165) is 28.0 Å². The van der Waals surface area contributed by atoms with Crippen molar-refractivity contribution in [3.8, 4) is 5.75 Å². The van der Waals surface area contributed by atoms with Gasteiger partial charge in [0, 0.05) is 13.1 Å². The van der Waals surface area contributed by atoms with E-state index in [1.54, 1.807) is 0 Å². The molecule has 3 nitrogen and oxygen atoms in total. The number of carbonyl (C=O) groups is 1. The zero-order chi connectivity index (χ0) is 20.6. The molecule has 1 amide bonds. The van der Waals surface area contributed by atoms with Gasteiger partial charge < -0.3 is 9.64 Å². The Labute approximate surface area is 174 Å². The molecular formula is C26H29NO2. The normalized spacial score (nSPS) is 11.7. The van der Waals surface area contributed by atoms with Gasteiger partial charge in [-0.05, 0) is 48.6 Å². The highest BCUT2D eigenvalue weighted by Crippen LogP contribution is 2.23. The standard InChI is InChI=1S/C26H29NO2/c1-4-24(29-25-17-20(2)15-16-21(25)3)26(28)27(18-22-11-7-5-8-12-22)19-23-13-9-6-10-14-23/h5-17,24H,4,18-19H2,1-3H3/t24-/m1/s1. The van der Waals surface area contributed by atoms with Gasteiger partial charge in [0.2, 0.25) is 0 Å². The van der Waals surface area contributed by atoms with Crippen LogP contribution in [-0.2, 0) is 17.9 Å². The smallest absolute Gasteiger partial charge is 0.264 e. The molecule has 3 heteroatoms. The van der Waals surface area contributed by atoms with Crippen LogP contribution in [0.4, 0.5) is 0 Å². The maximum absolute atomic E-state index is 13.5. The Morgan fingerprint density at radius 1 is 0.862 bits per heavy atom. The molecule has 0 fully saturated rings. The third-order valence-corrected chi connectivity index (χ3v) is 5.00. The molecule has 0 aliphatic rings. The van der Waals surface area contributed by atoms with Crippen molar-refractivity contribution in [2.75, 3.05) is 0 Å². The van der Waals surface area contributed by atoms with Crippen LogP contribution in [0.3, 0.4) is 0 Å². The van der Waals surface area contributed by atoms with Crippen LogP contribution in [0.5, 0.6) is 5.75 Å². The maximum Gasteiger partial charge on any atom is 0.264 e. The van der Waals surface area contributed by atoms with Gasteiger partial charge in [-0.25, -0.2) is 0 Å². The molecule has 0 bridgehead atoms. The summed E-state index contributed by atoms with van der Waals surface area (Å²) in [5.74, 6) is 0.797. The Hall–Kier alpha value is -3.07. The van der Waals surface area contributed by atoms with Crippen LogP contribution in [0.25, 0.3) is 0 Å². The highest BCUT2D eigenvalue weighted by Gasteiger charge is 2.25. The zero-order valence-electron chi connectivity index (χ0n) is 17.5. The minimum atomic E-state index is -0.511. The number of amides is 1. The molecule has 3 aromatic carbocycles. The van der Waals surface area contributed by atoms with Crippen molar-refractivity contribution in [1.82, 2.24) is 4.90 Å². The predicted molar refractivity (Wildman–Crippen MR) is 118 cm³/mol. The first-order valence-corrected chi connectivity index (χ1v) is 10.2. The fraction of sp³-hybridized carbons (Fsp3) is 0.269. The summed E-state index contributed by atoms with van der Waals surface area (Å²) in [5, 5.41) is 0. The van der Waals surface area contributed by atoms with E-state index in [0.29, 0.717) is 19.5 Å². The van der Waals surface area contributed by atoms with Crippen LogP contribution in [0, 0.1) is 13.8 Å². The van der Waals surface area contributed by atoms with Crippen molar-refractivity contribution in [1.29, 1.82) is 0 Å². The first-order valence-electron chi connectivity index (χ1n) is 10.2. The molecule has 0 spiro atoms. The lowest BCUT2D eigenvalue weighted by Crippen LogP contribution is -2.41. The van der Waals surface area contributed by atoms with Crippen molar-refractivity contribution in [2.24, 2.45) is 0 Å². The largest absolute Gasteiger partial charge is 0.480 e. The quantitative estimate of drug-likeness (QED) is 0.497. The lowest BCUT2D eigenvalue weighted by Gasteiger charge is -2.28. The molecule has 0 N–H and O–H groups in total. The summed E-state index contributed by atoms with van der Waals surface area (Å²) in [5.41, 5.74) is 4.38. The lowest BCUT2D eigenvalue weighted by atomic mass is 10.1. The van der Waals surface area contributed by atoms with Crippen molar-refractivity contribution in [2.45, 2.75) is 46.4 Å². The molecule has 0 radical (unpaired) electrons. The van der Waals surface area contributed by atoms with E-state index >= 15 is 0 Å². The van der Waals surface area contributed by atoms with Crippen LogP contribution in [0.1, 0.15) is 35.6 Å². The number of nitrogens with zero attached hydrogens (tertiary/aromatic N) is 1. The molecule has 0 unspecified atom stereocenters. The van der Waals surface area contributed by atoms with Gasteiger partial charge in [-0.3, -0.25) is 4.79 Å². The molecule has 0 aromatic heterocycles. The molecule has 0 saturated carbocycles. The number of hydrogen-bond donors (Lipinski definition) is 0. The SMILES string of the molecule is CC[C@@H](Oc1cc(C)ccc1C)C(=O)N(Cc1ccccc1)Cc1ccccc1. The fourth-order valence-corrected chi connectivity index (χ4v) is 3.32. The molecular weight excluding hydrogens is 358 g/mol. The zero-order valence-corrected chi connectivity index (χ0v) is 17.5. The number of benzene rings is 3. The summed E-state index contributed by atoms with van der Waals surface area (Å²) in [6.45, 7) is 7.16. The van der Waals surface area contributed by atoms with Gasteiger partial charge in [0.1, 0.15) is 5.75 Å². The third-order valence-electron chi connectivity index (χ3n) is 5.00. The number of aryl methyl sites for hydroxylation is 2. The van der Waals surface area contributed by atoms with Crippen molar-refractivity contribution < 1.29 is 9.53 Å². The Balaban J connectivity index is 1.83. The molecule has 0 aliphatic heterocycles. The second kappa shape index (κ2) is 9.92. The van der Waals surface area contributed by atoms with Gasteiger partial charge >= 0.3 is 0 Å². The first kappa shape index (κ1) is 20.7. The highest BCUT2D eigenvalue weighted by molar-refractivity contribution is 5.81. The minimum Gasteiger partial charge on any atom is -0.480 e. The van der Waals surface area contributed by atoms with E-state index in [2.05, 4.69) is 30.3 Å². The predicted octanol–water partition coefficient (Wildman–Crippen LogP) is 5.69. The Kier molecular flexibility index (Phi) is 7.07. The van der Waals surface area contributed by atoms with Gasteiger partial charge in [-0.15, -0.1) is 0 Å². The van der Waals surface area contributed by atoms with E-state index in [9.17, 15) is 4.79 Å². The molecule has 0 saturated heterocycles. The summed E-state index contributed by atoms with van der Waals surface area (Å²) in [7, 11) is 0. The topological polar surface area (TPSA) is 29.5 Å². The molecule has 0 aliphatic carbocycles. The average Bonchev–Trinajstić information content (AvgIpc) is 2.75. The van der Waals surface area contributed by atoms with Gasteiger partial charge in [0.25, 0.3) is 5.91 Å². The van der Waals surface area contributed by atoms with Gasteiger partial charge in [-0.2, -0.15) is 0 Å². The number of rotatable bonds is 8. The Morgan fingerprint density at radius 3 is 1.93 bits per heavy atom. The molecule has 3 aromatic rings. The van der Waals surface area contributed by atoms with E-state index in [4.69, 9.17) is 4.74 Å². The summed E-state index contributed by atoms with van der Waals surface area (Å²) < 4.78 is 6.20. The summed E-state index contributed by atoms with van der Waals surface area (Å²) in [6, 6.07) is 26.3. The number of hydrogen-bond acceptors (Lipinski definition) is 2. The van der Waals surface area contributed by atoms with Crippen LogP contribution in [0.2, 0.25) is 0 Å². The summed E-state index contributed by atoms with van der Waals surface area (Å²) >= 11 is 0. The van der Waals surface area contributed by atoms with Crippen LogP contribution < -0.4 is 4.74 Å². The Bertz CT molecular complexity index is 880. The van der Waals surface area contributed by atoms with Gasteiger partial charge in [0.15, 0.2) is 6.10 Å². The second-order valence-electron chi connectivity index (χ2n) is 7.45. The van der Waals surface area contributed by atoms with E-state index in [-0.39, 0.29) is 5.91 Å². The molecule has 1 atom stereocenters. The minimum absolute atomic E-state index is 0.0149. The first-order chi connectivity index (χ1) is 14.1. The van der Waals surface area contributed by atoms with Crippen molar-refractivity contribution in [3.05, 3.63) is 101 Å². The van der Waals surface area contributed by atoms with Crippen molar-refractivity contribution >= 4 is 5.91 Å². The van der Waals surface area contributed by atoms with Gasteiger partial charge in [0.05, 0.1) is 0 Å². The van der Waals surface area contributed by atoms with Crippen LogP contribution >= 0.6 is 0 Å². The fourth-order valence-electron chi connectivity index (χ4n) is 3.32. The highest BCUT2D eigenvalue weighted by atomic mass is 16.5. The van der Waals surface area contributed by atoms with Crippen molar-refractivity contribution in [3.63, 3.8) is 0 Å². The molecule has 3 rings (SSSR count). The number of carbonyl (C=O) groups excluding carboxylic acids is 1. The Morgan fingerprint density at radius 2 is 1.41 bits per heavy atom. The van der Waals surface area contributed by atoms with E-state index in [1.165, 1.54) is 0 Å². The van der Waals surface area contributed by atoms with Crippen LogP contribution in [-0.4, -0.2) is 16.9 Å². The van der Waals surface area contributed by atoms with E-state index < -0.39 is 6.10 Å². The van der Waals surface area contributed by atoms with Gasteiger partial charge in [-0.1, -0.05) is 79.7 Å². The summed E-state index contributed by atoms with van der Waals surface area (Å²) in [4.78, 5) is 15.4. The number of ether oxygens (including phenoxy) is 1. The lowest BCUT2D eigenvalue weighted by molar-refractivity contribution is -0.140. The molecule has 150 valence electrons. The third kappa shape index (κ3) is 5.71.